The number of ether oxygens (including phenoxy) is 1. The molecule has 4 nitrogen and oxygen atoms in total. The van der Waals surface area contributed by atoms with Crippen LogP contribution in [-0.2, 0) is 17.7 Å². The number of nitrogens with one attached hydrogen (secondary N) is 1. The van der Waals surface area contributed by atoms with E-state index in [1.165, 1.54) is 5.56 Å². The maximum atomic E-state index is 6.20. The molecule has 1 unspecified atom stereocenters. The Labute approximate surface area is 130 Å². The smallest absolute Gasteiger partial charge is 0.0832 e. The van der Waals surface area contributed by atoms with Crippen molar-refractivity contribution < 1.29 is 4.74 Å². The molecule has 4 heteroatoms. The quantitative estimate of drug-likeness (QED) is 0.680. The Morgan fingerprint density at radius 3 is 2.43 bits per heavy atom. The first kappa shape index (κ1) is 18.2. The van der Waals surface area contributed by atoms with Crippen molar-refractivity contribution >= 4 is 0 Å². The number of hydrogen-bond acceptors (Lipinski definition) is 3. The van der Waals surface area contributed by atoms with Crippen LogP contribution in [0.2, 0.25) is 0 Å². The van der Waals surface area contributed by atoms with E-state index in [-0.39, 0.29) is 5.60 Å². The fraction of sp³-hybridized carbons (Fsp3) is 0.824. The highest BCUT2D eigenvalue weighted by molar-refractivity contribution is 5.09. The SMILES string of the molecule is CCCNC(Cc1cnn(CC)c1)C(CC)(CC)OCC. The zero-order chi connectivity index (χ0) is 15.7. The van der Waals surface area contributed by atoms with Crippen molar-refractivity contribution in [3.63, 3.8) is 0 Å². The third kappa shape index (κ3) is 4.82. The molecule has 0 saturated heterocycles. The first-order valence-electron chi connectivity index (χ1n) is 8.54. The van der Waals surface area contributed by atoms with Crippen LogP contribution in [-0.4, -0.2) is 34.6 Å². The summed E-state index contributed by atoms with van der Waals surface area (Å²) in [5, 5.41) is 8.11. The molecule has 0 aliphatic rings. The van der Waals surface area contributed by atoms with Crippen LogP contribution in [0.15, 0.2) is 12.4 Å². The standard InChI is InChI=1S/C17H33N3O/c1-6-11-18-16(17(7-2,8-3)21-10-5)12-15-13-19-20(9-4)14-15/h13-14,16,18H,6-12H2,1-5H3. The van der Waals surface area contributed by atoms with Crippen molar-refractivity contribution in [1.82, 2.24) is 15.1 Å². The van der Waals surface area contributed by atoms with Crippen molar-refractivity contribution in [1.29, 1.82) is 0 Å². The molecule has 0 aliphatic heterocycles. The molecule has 0 spiro atoms. The van der Waals surface area contributed by atoms with Gasteiger partial charge in [-0.15, -0.1) is 0 Å². The largest absolute Gasteiger partial charge is 0.374 e. The van der Waals surface area contributed by atoms with Gasteiger partial charge in [0.05, 0.1) is 11.8 Å². The summed E-state index contributed by atoms with van der Waals surface area (Å²) in [4.78, 5) is 0. The number of aromatic nitrogens is 2. The van der Waals surface area contributed by atoms with Crippen molar-refractivity contribution in [3.05, 3.63) is 18.0 Å². The Kier molecular flexibility index (Phi) is 7.97. The van der Waals surface area contributed by atoms with Gasteiger partial charge >= 0.3 is 0 Å². The van der Waals surface area contributed by atoms with E-state index in [2.05, 4.69) is 51.2 Å². The van der Waals surface area contributed by atoms with Crippen molar-refractivity contribution in [3.8, 4) is 0 Å². The van der Waals surface area contributed by atoms with Crippen LogP contribution < -0.4 is 5.32 Å². The molecule has 0 saturated carbocycles. The molecular weight excluding hydrogens is 262 g/mol. The molecule has 0 amide bonds. The van der Waals surface area contributed by atoms with E-state index < -0.39 is 0 Å². The number of aryl methyl sites for hydroxylation is 1. The van der Waals surface area contributed by atoms with E-state index in [9.17, 15) is 0 Å². The number of hydrogen-bond donors (Lipinski definition) is 1. The minimum absolute atomic E-state index is 0.0851. The zero-order valence-electron chi connectivity index (χ0n) is 14.5. The summed E-state index contributed by atoms with van der Waals surface area (Å²) >= 11 is 0. The third-order valence-corrected chi connectivity index (χ3v) is 4.36. The molecule has 0 aromatic carbocycles. The zero-order valence-corrected chi connectivity index (χ0v) is 14.5. The Bertz CT molecular complexity index is 385. The van der Waals surface area contributed by atoms with E-state index in [0.717, 1.165) is 45.4 Å². The maximum Gasteiger partial charge on any atom is 0.0832 e. The van der Waals surface area contributed by atoms with E-state index in [0.29, 0.717) is 6.04 Å². The molecule has 1 atom stereocenters. The van der Waals surface area contributed by atoms with E-state index >= 15 is 0 Å². The summed E-state index contributed by atoms with van der Waals surface area (Å²) in [5.41, 5.74) is 1.20. The van der Waals surface area contributed by atoms with Crippen LogP contribution in [0.25, 0.3) is 0 Å². The Morgan fingerprint density at radius 1 is 1.24 bits per heavy atom. The van der Waals surface area contributed by atoms with Crippen LogP contribution in [0.1, 0.15) is 59.4 Å². The lowest BCUT2D eigenvalue weighted by atomic mass is 9.84. The maximum absolute atomic E-state index is 6.20. The van der Waals surface area contributed by atoms with Gasteiger partial charge in [-0.25, -0.2) is 0 Å². The highest BCUT2D eigenvalue weighted by Gasteiger charge is 2.36. The number of rotatable bonds is 11. The van der Waals surface area contributed by atoms with Crippen molar-refractivity contribution in [2.45, 2.75) is 78.5 Å². The molecule has 1 aromatic rings. The Morgan fingerprint density at radius 2 is 1.95 bits per heavy atom. The lowest BCUT2D eigenvalue weighted by molar-refractivity contribution is -0.0718. The van der Waals surface area contributed by atoms with Crippen molar-refractivity contribution in [2.75, 3.05) is 13.2 Å². The molecule has 122 valence electrons. The second-order valence-electron chi connectivity index (χ2n) is 5.62. The van der Waals surface area contributed by atoms with Crippen LogP contribution in [0.4, 0.5) is 0 Å². The highest BCUT2D eigenvalue weighted by atomic mass is 16.5. The van der Waals surface area contributed by atoms with Crippen LogP contribution in [0.5, 0.6) is 0 Å². The normalized spacial score (nSPS) is 13.6. The van der Waals surface area contributed by atoms with Gasteiger partial charge in [0.1, 0.15) is 0 Å². The van der Waals surface area contributed by atoms with Gasteiger partial charge in [-0.3, -0.25) is 4.68 Å². The lowest BCUT2D eigenvalue weighted by Gasteiger charge is -2.40. The minimum atomic E-state index is -0.0851. The molecule has 0 fully saturated rings. The molecule has 0 radical (unpaired) electrons. The van der Waals surface area contributed by atoms with Crippen LogP contribution >= 0.6 is 0 Å². The van der Waals surface area contributed by atoms with Gasteiger partial charge < -0.3 is 10.1 Å². The highest BCUT2D eigenvalue weighted by Crippen LogP contribution is 2.27. The monoisotopic (exact) mass is 295 g/mol. The molecule has 1 N–H and O–H groups in total. The van der Waals surface area contributed by atoms with Crippen LogP contribution in [0, 0.1) is 0 Å². The summed E-state index contributed by atoms with van der Waals surface area (Å²) < 4.78 is 8.20. The molecule has 21 heavy (non-hydrogen) atoms. The van der Waals surface area contributed by atoms with Crippen LogP contribution in [0.3, 0.4) is 0 Å². The minimum Gasteiger partial charge on any atom is -0.374 e. The predicted molar refractivity (Wildman–Crippen MR) is 88.6 cm³/mol. The fourth-order valence-electron chi connectivity index (χ4n) is 3.02. The van der Waals surface area contributed by atoms with Gasteiger partial charge in [-0.2, -0.15) is 5.10 Å². The average molecular weight is 295 g/mol. The Balaban J connectivity index is 2.90. The summed E-state index contributed by atoms with van der Waals surface area (Å²) in [6.07, 6.45) is 8.32. The molecule has 1 rings (SSSR count). The summed E-state index contributed by atoms with van der Waals surface area (Å²) in [5.74, 6) is 0. The first-order valence-corrected chi connectivity index (χ1v) is 8.54. The fourth-order valence-corrected chi connectivity index (χ4v) is 3.02. The second kappa shape index (κ2) is 9.21. The molecule has 0 aliphatic carbocycles. The van der Waals surface area contributed by atoms with E-state index in [1.807, 2.05) is 10.9 Å². The van der Waals surface area contributed by atoms with Gasteiger partial charge in [0.2, 0.25) is 0 Å². The number of nitrogens with zero attached hydrogens (tertiary/aromatic N) is 2. The summed E-state index contributed by atoms with van der Waals surface area (Å²) in [7, 11) is 0. The molecule has 0 bridgehead atoms. The predicted octanol–water partition coefficient (Wildman–Crippen LogP) is 3.41. The topological polar surface area (TPSA) is 39.1 Å². The lowest BCUT2D eigenvalue weighted by Crippen LogP contribution is -2.53. The summed E-state index contributed by atoms with van der Waals surface area (Å²) in [6, 6.07) is 0.335. The van der Waals surface area contributed by atoms with E-state index in [1.54, 1.807) is 0 Å². The molecule has 1 aromatic heterocycles. The molecule has 1 heterocycles. The Hall–Kier alpha value is -0.870. The van der Waals surface area contributed by atoms with Gasteiger partial charge in [0.15, 0.2) is 0 Å². The molecular formula is C17H33N3O. The van der Waals surface area contributed by atoms with Crippen molar-refractivity contribution in [2.24, 2.45) is 0 Å². The van der Waals surface area contributed by atoms with Gasteiger partial charge in [-0.05, 0) is 51.6 Å². The van der Waals surface area contributed by atoms with Gasteiger partial charge in [0, 0.05) is 25.4 Å². The average Bonchev–Trinajstić information content (AvgIpc) is 2.97. The van der Waals surface area contributed by atoms with Gasteiger partial charge in [-0.1, -0.05) is 20.8 Å². The first-order chi connectivity index (χ1) is 10.2. The van der Waals surface area contributed by atoms with E-state index in [4.69, 9.17) is 4.74 Å². The second-order valence-corrected chi connectivity index (χ2v) is 5.62. The third-order valence-electron chi connectivity index (χ3n) is 4.36. The van der Waals surface area contributed by atoms with Gasteiger partial charge in [0.25, 0.3) is 0 Å². The summed E-state index contributed by atoms with van der Waals surface area (Å²) in [6.45, 7) is 13.6.